The van der Waals surface area contributed by atoms with Crippen LogP contribution in [0.25, 0.3) is 10.3 Å². The van der Waals surface area contributed by atoms with Gasteiger partial charge < -0.3 is 19.4 Å². The smallest absolute Gasteiger partial charge is 0.396 e. The minimum atomic E-state index is -0.268. The fourth-order valence-corrected chi connectivity index (χ4v) is 3.00. The highest BCUT2D eigenvalue weighted by Crippen LogP contribution is 2.22. The molecule has 5 nitrogen and oxygen atoms in total. The minimum Gasteiger partial charge on any atom is -0.493 e. The van der Waals surface area contributed by atoms with Crippen LogP contribution in [-0.2, 0) is 0 Å². The maximum atomic E-state index is 11.1. The fourth-order valence-electron chi connectivity index (χ4n) is 2.36. The van der Waals surface area contributed by atoms with Gasteiger partial charge in [-0.2, -0.15) is 0 Å². The number of ether oxygens (including phenoxy) is 1. The van der Waals surface area contributed by atoms with E-state index in [4.69, 9.17) is 9.15 Å². The SMILES string of the molecule is O=c1oc2cc(OCCCN3CCNCC3)ccc2s1. The largest absolute Gasteiger partial charge is 0.493 e. The second kappa shape index (κ2) is 6.39. The van der Waals surface area contributed by atoms with Gasteiger partial charge in [-0.25, -0.2) is 4.79 Å². The van der Waals surface area contributed by atoms with Gasteiger partial charge in [0.25, 0.3) is 0 Å². The Morgan fingerprint density at radius 1 is 1.35 bits per heavy atom. The molecule has 0 bridgehead atoms. The summed E-state index contributed by atoms with van der Waals surface area (Å²) in [5.41, 5.74) is 0.611. The molecule has 2 heterocycles. The van der Waals surface area contributed by atoms with Crippen LogP contribution in [0.4, 0.5) is 0 Å². The molecule has 0 saturated carbocycles. The predicted molar refractivity (Wildman–Crippen MR) is 79.8 cm³/mol. The normalized spacial score (nSPS) is 16.6. The van der Waals surface area contributed by atoms with Gasteiger partial charge in [0.15, 0.2) is 5.58 Å². The van der Waals surface area contributed by atoms with Crippen LogP contribution in [0.5, 0.6) is 5.75 Å². The van der Waals surface area contributed by atoms with E-state index in [2.05, 4.69) is 10.2 Å². The first-order valence-electron chi connectivity index (χ1n) is 6.91. The number of nitrogens with zero attached hydrogens (tertiary/aromatic N) is 1. The van der Waals surface area contributed by atoms with Gasteiger partial charge >= 0.3 is 4.94 Å². The lowest BCUT2D eigenvalue weighted by molar-refractivity contribution is 0.214. The fraction of sp³-hybridized carbons (Fsp3) is 0.500. The lowest BCUT2D eigenvalue weighted by Crippen LogP contribution is -2.43. The Morgan fingerprint density at radius 2 is 2.20 bits per heavy atom. The minimum absolute atomic E-state index is 0.268. The molecule has 0 atom stereocenters. The summed E-state index contributed by atoms with van der Waals surface area (Å²) in [6, 6.07) is 5.55. The molecular weight excluding hydrogens is 276 g/mol. The zero-order chi connectivity index (χ0) is 13.8. The van der Waals surface area contributed by atoms with Crippen molar-refractivity contribution in [2.24, 2.45) is 0 Å². The number of piperazine rings is 1. The van der Waals surface area contributed by atoms with Gasteiger partial charge in [0.2, 0.25) is 0 Å². The third-order valence-electron chi connectivity index (χ3n) is 3.40. The second-order valence-electron chi connectivity index (χ2n) is 4.86. The molecule has 0 radical (unpaired) electrons. The third kappa shape index (κ3) is 3.39. The maximum Gasteiger partial charge on any atom is 0.396 e. The monoisotopic (exact) mass is 294 g/mol. The topological polar surface area (TPSA) is 54.7 Å². The lowest BCUT2D eigenvalue weighted by Gasteiger charge is -2.26. The molecule has 1 aliphatic heterocycles. The van der Waals surface area contributed by atoms with Crippen molar-refractivity contribution >= 4 is 21.6 Å². The van der Waals surface area contributed by atoms with E-state index in [1.807, 2.05) is 12.1 Å². The molecule has 1 aromatic heterocycles. The highest BCUT2D eigenvalue weighted by molar-refractivity contribution is 7.16. The molecular formula is C14H18N2O3S. The van der Waals surface area contributed by atoms with Crippen molar-refractivity contribution in [3.05, 3.63) is 27.9 Å². The molecule has 108 valence electrons. The van der Waals surface area contributed by atoms with Crippen LogP contribution < -0.4 is 15.0 Å². The van der Waals surface area contributed by atoms with E-state index in [0.29, 0.717) is 12.2 Å². The van der Waals surface area contributed by atoms with Crippen molar-refractivity contribution in [2.45, 2.75) is 6.42 Å². The van der Waals surface area contributed by atoms with E-state index in [1.54, 1.807) is 6.07 Å². The van der Waals surface area contributed by atoms with Gasteiger partial charge in [0.1, 0.15) is 5.75 Å². The summed E-state index contributed by atoms with van der Waals surface area (Å²) >= 11 is 1.12. The van der Waals surface area contributed by atoms with Crippen LogP contribution in [0.2, 0.25) is 0 Å². The van der Waals surface area contributed by atoms with Crippen LogP contribution in [-0.4, -0.2) is 44.2 Å². The standard InChI is InChI=1S/C14H18N2O3S/c17-14-19-12-10-11(2-3-13(12)20-14)18-9-1-6-16-7-4-15-5-8-16/h2-3,10,15H,1,4-9H2. The molecule has 3 rings (SSSR count). The van der Waals surface area contributed by atoms with Crippen molar-refractivity contribution in [1.29, 1.82) is 0 Å². The first-order valence-corrected chi connectivity index (χ1v) is 7.72. The summed E-state index contributed by atoms with van der Waals surface area (Å²) in [4.78, 5) is 13.3. The number of hydrogen-bond donors (Lipinski definition) is 1. The van der Waals surface area contributed by atoms with Crippen molar-refractivity contribution in [3.63, 3.8) is 0 Å². The van der Waals surface area contributed by atoms with Gasteiger partial charge in [-0.15, -0.1) is 0 Å². The zero-order valence-electron chi connectivity index (χ0n) is 11.3. The number of rotatable bonds is 5. The van der Waals surface area contributed by atoms with E-state index in [-0.39, 0.29) is 4.94 Å². The van der Waals surface area contributed by atoms with Crippen LogP contribution in [0.1, 0.15) is 6.42 Å². The van der Waals surface area contributed by atoms with Crippen molar-refractivity contribution in [3.8, 4) is 5.75 Å². The number of benzene rings is 1. The summed E-state index contributed by atoms with van der Waals surface area (Å²) in [5, 5.41) is 3.34. The highest BCUT2D eigenvalue weighted by Gasteiger charge is 2.08. The molecule has 1 aromatic carbocycles. The Kier molecular flexibility index (Phi) is 4.34. The Hall–Kier alpha value is -1.37. The number of nitrogens with one attached hydrogen (secondary N) is 1. The first kappa shape index (κ1) is 13.6. The molecule has 1 aliphatic rings. The van der Waals surface area contributed by atoms with Gasteiger partial charge in [-0.05, 0) is 18.6 Å². The Bertz CT molecular complexity index is 616. The molecule has 20 heavy (non-hydrogen) atoms. The van der Waals surface area contributed by atoms with Crippen LogP contribution in [0.15, 0.2) is 27.4 Å². The predicted octanol–water partition coefficient (Wildman–Crippen LogP) is 1.53. The Labute approximate surface area is 121 Å². The van der Waals surface area contributed by atoms with Crippen molar-refractivity contribution in [1.82, 2.24) is 10.2 Å². The molecule has 0 unspecified atom stereocenters. The number of fused-ring (bicyclic) bond motifs is 1. The molecule has 6 heteroatoms. The lowest BCUT2D eigenvalue weighted by atomic mass is 10.3. The summed E-state index contributed by atoms with van der Waals surface area (Å²) in [5.74, 6) is 0.763. The third-order valence-corrected chi connectivity index (χ3v) is 4.21. The first-order chi connectivity index (χ1) is 9.81. The molecule has 1 N–H and O–H groups in total. The molecule has 0 spiro atoms. The molecule has 2 aromatic rings. The molecule has 1 saturated heterocycles. The van der Waals surface area contributed by atoms with Gasteiger partial charge in [-0.1, -0.05) is 11.3 Å². The van der Waals surface area contributed by atoms with E-state index >= 15 is 0 Å². The van der Waals surface area contributed by atoms with Gasteiger partial charge in [0.05, 0.1) is 11.3 Å². The summed E-state index contributed by atoms with van der Waals surface area (Å²) in [7, 11) is 0. The van der Waals surface area contributed by atoms with E-state index in [1.165, 1.54) is 0 Å². The Morgan fingerprint density at radius 3 is 3.05 bits per heavy atom. The zero-order valence-corrected chi connectivity index (χ0v) is 12.1. The van der Waals surface area contributed by atoms with E-state index < -0.39 is 0 Å². The van der Waals surface area contributed by atoms with Gasteiger partial charge in [-0.3, -0.25) is 0 Å². The van der Waals surface area contributed by atoms with Crippen molar-refractivity contribution < 1.29 is 9.15 Å². The summed E-state index contributed by atoms with van der Waals surface area (Å²) in [6.07, 6.45) is 1.01. The van der Waals surface area contributed by atoms with Crippen molar-refractivity contribution in [2.75, 3.05) is 39.3 Å². The summed E-state index contributed by atoms with van der Waals surface area (Å²) < 4.78 is 11.7. The molecule has 0 amide bonds. The Balaban J connectivity index is 1.48. The van der Waals surface area contributed by atoms with E-state index in [9.17, 15) is 4.79 Å². The maximum absolute atomic E-state index is 11.1. The van der Waals surface area contributed by atoms with E-state index in [0.717, 1.165) is 60.9 Å². The van der Waals surface area contributed by atoms with Gasteiger partial charge in [0, 0.05) is 38.8 Å². The second-order valence-corrected chi connectivity index (χ2v) is 5.83. The molecule has 1 fully saturated rings. The highest BCUT2D eigenvalue weighted by atomic mass is 32.1. The number of hydrogen-bond acceptors (Lipinski definition) is 6. The average molecular weight is 294 g/mol. The van der Waals surface area contributed by atoms with Crippen LogP contribution >= 0.6 is 11.3 Å². The van der Waals surface area contributed by atoms with Crippen LogP contribution in [0, 0.1) is 0 Å². The molecule has 0 aliphatic carbocycles. The van der Waals surface area contributed by atoms with Crippen LogP contribution in [0.3, 0.4) is 0 Å². The average Bonchev–Trinajstić information content (AvgIpc) is 2.84. The summed E-state index contributed by atoms with van der Waals surface area (Å²) in [6.45, 7) is 6.14. The quantitative estimate of drug-likeness (QED) is 0.848.